The van der Waals surface area contributed by atoms with Gasteiger partial charge in [0.2, 0.25) is 11.8 Å². The Kier molecular flexibility index (Phi) is 4.94. The normalized spacial score (nSPS) is 14.8. The molecule has 8 nitrogen and oxygen atoms in total. The van der Waals surface area contributed by atoms with Crippen LogP contribution in [-0.2, 0) is 4.79 Å². The molecule has 3 aromatic rings. The third kappa shape index (κ3) is 3.79. The van der Waals surface area contributed by atoms with E-state index < -0.39 is 5.56 Å². The monoisotopic (exact) mass is 394 g/mol. The summed E-state index contributed by atoms with van der Waals surface area (Å²) in [4.78, 5) is 26.7. The van der Waals surface area contributed by atoms with Gasteiger partial charge in [0.25, 0.3) is 5.56 Å². The number of benzene rings is 1. The van der Waals surface area contributed by atoms with Crippen molar-refractivity contribution in [2.24, 2.45) is 0 Å². The first-order valence-corrected chi connectivity index (χ1v) is 9.41. The molecule has 0 bridgehead atoms. The van der Waals surface area contributed by atoms with Crippen molar-refractivity contribution in [2.75, 3.05) is 25.0 Å². The fraction of sp³-hybridized carbons (Fsp3) is 0.286. The highest BCUT2D eigenvalue weighted by molar-refractivity contribution is 6.01. The number of anilines is 1. The van der Waals surface area contributed by atoms with Crippen molar-refractivity contribution in [1.82, 2.24) is 15.1 Å². The number of nitrogens with zero attached hydrogens (tertiary/aromatic N) is 2. The van der Waals surface area contributed by atoms with Crippen LogP contribution in [-0.4, -0.2) is 45.7 Å². The van der Waals surface area contributed by atoms with E-state index in [-0.39, 0.29) is 24.1 Å². The van der Waals surface area contributed by atoms with Crippen molar-refractivity contribution in [2.45, 2.75) is 20.3 Å². The van der Waals surface area contributed by atoms with Crippen LogP contribution in [0.15, 0.2) is 39.6 Å². The number of phenols is 1. The van der Waals surface area contributed by atoms with Crippen LogP contribution in [0, 0.1) is 13.8 Å². The lowest BCUT2D eigenvalue weighted by Gasteiger charge is -2.25. The summed E-state index contributed by atoms with van der Waals surface area (Å²) in [6.07, 6.45) is 2.90. The molecule has 0 atom stereocenters. The first kappa shape index (κ1) is 18.9. The summed E-state index contributed by atoms with van der Waals surface area (Å²) in [5.41, 5.74) is 2.53. The molecule has 1 aromatic carbocycles. The van der Waals surface area contributed by atoms with Gasteiger partial charge in [-0.2, -0.15) is 5.10 Å². The Morgan fingerprint density at radius 3 is 2.72 bits per heavy atom. The van der Waals surface area contributed by atoms with E-state index in [2.05, 4.69) is 21.6 Å². The Morgan fingerprint density at radius 2 is 2.03 bits per heavy atom. The second-order valence-electron chi connectivity index (χ2n) is 7.19. The molecule has 0 fully saturated rings. The summed E-state index contributed by atoms with van der Waals surface area (Å²) in [6.45, 7) is 5.10. The van der Waals surface area contributed by atoms with Gasteiger partial charge in [0, 0.05) is 13.1 Å². The first-order chi connectivity index (χ1) is 13.9. The zero-order valence-corrected chi connectivity index (χ0v) is 16.3. The van der Waals surface area contributed by atoms with E-state index in [1.807, 2.05) is 17.0 Å². The van der Waals surface area contributed by atoms with Crippen LogP contribution in [0.1, 0.15) is 23.4 Å². The number of carbonyl (C=O) groups excluding carboxylic acids is 1. The smallest absolute Gasteiger partial charge is 0.277 e. The number of aryl methyl sites for hydroxylation is 2. The highest BCUT2D eigenvalue weighted by Crippen LogP contribution is 2.28. The zero-order chi connectivity index (χ0) is 20.5. The molecule has 1 aliphatic heterocycles. The van der Waals surface area contributed by atoms with Crippen molar-refractivity contribution < 1.29 is 14.3 Å². The van der Waals surface area contributed by atoms with Gasteiger partial charge in [0.1, 0.15) is 16.9 Å². The average molecular weight is 394 g/mol. The molecule has 29 heavy (non-hydrogen) atoms. The van der Waals surface area contributed by atoms with Gasteiger partial charge in [-0.3, -0.25) is 19.8 Å². The minimum absolute atomic E-state index is 0.159. The van der Waals surface area contributed by atoms with E-state index >= 15 is 0 Å². The number of amides is 1. The molecule has 0 aliphatic carbocycles. The lowest BCUT2D eigenvalue weighted by Crippen LogP contribution is -2.36. The summed E-state index contributed by atoms with van der Waals surface area (Å²) < 4.78 is 5.63. The van der Waals surface area contributed by atoms with Gasteiger partial charge in [0.05, 0.1) is 17.6 Å². The van der Waals surface area contributed by atoms with Gasteiger partial charge < -0.3 is 9.52 Å². The lowest BCUT2D eigenvalue weighted by molar-refractivity contribution is -0.117. The predicted molar refractivity (Wildman–Crippen MR) is 110 cm³/mol. The van der Waals surface area contributed by atoms with Crippen molar-refractivity contribution in [3.8, 4) is 5.75 Å². The predicted octanol–water partition coefficient (Wildman–Crippen LogP) is 2.57. The number of aromatic amines is 1. The Morgan fingerprint density at radius 1 is 1.28 bits per heavy atom. The molecule has 3 N–H and O–H groups in total. The molecular weight excluding hydrogens is 372 g/mol. The Labute approximate surface area is 166 Å². The van der Waals surface area contributed by atoms with E-state index in [1.54, 1.807) is 26.0 Å². The molecule has 3 heterocycles. The van der Waals surface area contributed by atoms with Crippen LogP contribution >= 0.6 is 0 Å². The summed E-state index contributed by atoms with van der Waals surface area (Å²) in [6, 6.07) is 7.12. The van der Waals surface area contributed by atoms with E-state index in [0.717, 1.165) is 18.5 Å². The number of phenolic OH excluding ortho intramolecular Hbond substituents is 1. The van der Waals surface area contributed by atoms with Crippen LogP contribution < -0.4 is 10.9 Å². The summed E-state index contributed by atoms with van der Waals surface area (Å²) >= 11 is 0. The zero-order valence-electron chi connectivity index (χ0n) is 16.3. The molecule has 0 radical (unpaired) electrons. The third-order valence-corrected chi connectivity index (χ3v) is 5.15. The highest BCUT2D eigenvalue weighted by Gasteiger charge is 2.21. The standard InChI is InChI=1S/C21H22N4O4/c1-12-18-13(2)29-21(19(18)20(28)24-23-12)22-17(27)11-25-9-7-15(8-10-25)14-3-5-16(26)6-4-14/h3-7,26H,8-11H2,1-2H3,(H,22,27)(H,24,28). The molecule has 0 saturated carbocycles. The van der Waals surface area contributed by atoms with Gasteiger partial charge in [-0.05, 0) is 43.5 Å². The second-order valence-corrected chi connectivity index (χ2v) is 7.19. The number of aromatic hydroxyl groups is 1. The topological polar surface area (TPSA) is 111 Å². The fourth-order valence-electron chi connectivity index (χ4n) is 3.69. The van der Waals surface area contributed by atoms with Crippen molar-refractivity contribution in [1.29, 1.82) is 0 Å². The van der Waals surface area contributed by atoms with E-state index in [9.17, 15) is 14.7 Å². The molecule has 8 heteroatoms. The third-order valence-electron chi connectivity index (χ3n) is 5.15. The van der Waals surface area contributed by atoms with Crippen molar-refractivity contribution >= 4 is 28.1 Å². The van der Waals surface area contributed by atoms with Crippen molar-refractivity contribution in [3.05, 3.63) is 57.7 Å². The summed E-state index contributed by atoms with van der Waals surface area (Å²) in [5.74, 6) is 0.711. The maximum absolute atomic E-state index is 12.5. The molecular formula is C21H22N4O4. The number of hydrogen-bond donors (Lipinski definition) is 3. The Balaban J connectivity index is 1.44. The summed E-state index contributed by atoms with van der Waals surface area (Å²) in [5, 5.41) is 19.5. The minimum atomic E-state index is -0.391. The van der Waals surface area contributed by atoms with Crippen LogP contribution in [0.4, 0.5) is 5.88 Å². The van der Waals surface area contributed by atoms with Gasteiger partial charge in [-0.25, -0.2) is 5.10 Å². The number of furan rings is 1. The Bertz CT molecular complexity index is 1160. The van der Waals surface area contributed by atoms with Gasteiger partial charge in [0.15, 0.2) is 0 Å². The summed E-state index contributed by atoms with van der Waals surface area (Å²) in [7, 11) is 0. The number of aromatic nitrogens is 2. The number of H-pyrrole nitrogens is 1. The van der Waals surface area contributed by atoms with Gasteiger partial charge in [-0.1, -0.05) is 18.2 Å². The van der Waals surface area contributed by atoms with Crippen LogP contribution in [0.25, 0.3) is 16.3 Å². The van der Waals surface area contributed by atoms with Gasteiger partial charge >= 0.3 is 0 Å². The van der Waals surface area contributed by atoms with Crippen molar-refractivity contribution in [3.63, 3.8) is 0 Å². The molecule has 2 aromatic heterocycles. The second kappa shape index (κ2) is 7.56. The SMILES string of the molecule is Cc1n[nH]c(=O)c2c(NC(=O)CN3CC=C(c4ccc(O)cc4)CC3)oc(C)c12. The van der Waals surface area contributed by atoms with Crippen LogP contribution in [0.2, 0.25) is 0 Å². The lowest BCUT2D eigenvalue weighted by atomic mass is 9.99. The maximum atomic E-state index is 12.5. The minimum Gasteiger partial charge on any atom is -0.508 e. The van der Waals surface area contributed by atoms with Gasteiger partial charge in [-0.15, -0.1) is 0 Å². The number of rotatable bonds is 4. The van der Waals surface area contributed by atoms with Crippen LogP contribution in [0.3, 0.4) is 0 Å². The highest BCUT2D eigenvalue weighted by atomic mass is 16.4. The van der Waals surface area contributed by atoms with E-state index in [1.165, 1.54) is 5.57 Å². The molecule has 0 unspecified atom stereocenters. The van der Waals surface area contributed by atoms with E-state index in [4.69, 9.17) is 4.42 Å². The average Bonchev–Trinajstić information content (AvgIpc) is 3.03. The molecule has 4 rings (SSSR count). The fourth-order valence-corrected chi connectivity index (χ4v) is 3.69. The van der Waals surface area contributed by atoms with E-state index in [0.29, 0.717) is 28.8 Å². The van der Waals surface area contributed by atoms with Crippen LogP contribution in [0.5, 0.6) is 5.75 Å². The largest absolute Gasteiger partial charge is 0.508 e. The first-order valence-electron chi connectivity index (χ1n) is 9.41. The quantitative estimate of drug-likeness (QED) is 0.627. The number of nitrogens with one attached hydrogen (secondary N) is 2. The number of carbonyl (C=O) groups is 1. The molecule has 1 amide bonds. The number of fused-ring (bicyclic) bond motifs is 1. The molecule has 150 valence electrons. The Hall–Kier alpha value is -3.39. The molecule has 1 aliphatic rings. The molecule has 0 saturated heterocycles. The number of hydrogen-bond acceptors (Lipinski definition) is 6. The molecule has 0 spiro atoms. The maximum Gasteiger partial charge on any atom is 0.277 e.